The van der Waals surface area contributed by atoms with Crippen molar-refractivity contribution in [3.05, 3.63) is 88.9 Å². The highest BCUT2D eigenvalue weighted by molar-refractivity contribution is 7.99. The highest BCUT2D eigenvalue weighted by atomic mass is 35.5. The van der Waals surface area contributed by atoms with Crippen molar-refractivity contribution in [2.24, 2.45) is 0 Å². The van der Waals surface area contributed by atoms with E-state index in [1.54, 1.807) is 18.2 Å². The Kier molecular flexibility index (Phi) is 7.23. The molecule has 1 amide bonds. The third-order valence-electron chi connectivity index (χ3n) is 5.62. The number of fused-ring (bicyclic) bond motifs is 1. The van der Waals surface area contributed by atoms with Gasteiger partial charge in [0.25, 0.3) is 0 Å². The van der Waals surface area contributed by atoms with Gasteiger partial charge in [0, 0.05) is 23.1 Å². The molecule has 180 valence electrons. The summed E-state index contributed by atoms with van der Waals surface area (Å²) in [6.07, 6.45) is 0. The molecule has 0 spiro atoms. The van der Waals surface area contributed by atoms with E-state index in [4.69, 9.17) is 28.2 Å². The Morgan fingerprint density at radius 3 is 2.42 bits per heavy atom. The van der Waals surface area contributed by atoms with Crippen LogP contribution in [0.3, 0.4) is 0 Å². The van der Waals surface area contributed by atoms with E-state index in [1.807, 2.05) is 72.2 Å². The number of halogens is 2. The third kappa shape index (κ3) is 4.95. The quantitative estimate of drug-likeness (QED) is 0.223. The van der Waals surface area contributed by atoms with Gasteiger partial charge in [0.2, 0.25) is 5.91 Å². The average Bonchev–Trinajstić information content (AvgIpc) is 3.32. The summed E-state index contributed by atoms with van der Waals surface area (Å²) < 4.78 is 2.01. The number of carbonyl (C=O) groups excluding carboxylic acids is 1. The topological polar surface area (TPSA) is 72.7 Å². The predicted octanol–water partition coefficient (Wildman–Crippen LogP) is 7.22. The van der Waals surface area contributed by atoms with Crippen LogP contribution in [0, 0.1) is 0 Å². The van der Waals surface area contributed by atoms with E-state index in [0.717, 1.165) is 33.5 Å². The number of amides is 1. The maximum absolute atomic E-state index is 12.6. The highest BCUT2D eigenvalue weighted by Gasteiger charge is 2.19. The van der Waals surface area contributed by atoms with Crippen LogP contribution < -0.4 is 5.32 Å². The van der Waals surface area contributed by atoms with Crippen LogP contribution in [0.5, 0.6) is 0 Å². The first kappa shape index (κ1) is 24.3. The molecular formula is C27H21Cl2N5OS. The number of aromatic nitrogens is 4. The lowest BCUT2D eigenvalue weighted by Crippen LogP contribution is -2.15. The molecule has 0 bridgehead atoms. The summed E-state index contributed by atoms with van der Waals surface area (Å²) in [6.45, 7) is 2.67. The number of nitrogens with one attached hydrogen (secondary N) is 1. The van der Waals surface area contributed by atoms with Crippen molar-refractivity contribution in [3.8, 4) is 22.6 Å². The lowest BCUT2D eigenvalue weighted by Gasteiger charge is -2.12. The molecule has 5 aromatic rings. The van der Waals surface area contributed by atoms with Gasteiger partial charge in [0.15, 0.2) is 11.0 Å². The van der Waals surface area contributed by atoms with E-state index in [2.05, 4.69) is 15.5 Å². The molecule has 1 N–H and O–H groups in total. The van der Waals surface area contributed by atoms with Crippen LogP contribution in [0.25, 0.3) is 33.5 Å². The van der Waals surface area contributed by atoms with Crippen LogP contribution in [0.2, 0.25) is 10.0 Å². The highest BCUT2D eigenvalue weighted by Crippen LogP contribution is 2.33. The molecule has 5 rings (SSSR count). The van der Waals surface area contributed by atoms with Gasteiger partial charge in [-0.3, -0.25) is 4.79 Å². The number of nitrogens with zero attached hydrogens (tertiary/aromatic N) is 4. The number of para-hydroxylation sites is 2. The van der Waals surface area contributed by atoms with Gasteiger partial charge >= 0.3 is 0 Å². The minimum absolute atomic E-state index is 0.131. The van der Waals surface area contributed by atoms with Crippen LogP contribution in [-0.4, -0.2) is 31.4 Å². The molecule has 0 unspecified atom stereocenters. The summed E-state index contributed by atoms with van der Waals surface area (Å²) in [5, 5.41) is 14.1. The second-order valence-electron chi connectivity index (χ2n) is 7.92. The zero-order valence-corrected chi connectivity index (χ0v) is 21.6. The van der Waals surface area contributed by atoms with Gasteiger partial charge in [-0.1, -0.05) is 89.6 Å². The summed E-state index contributed by atoms with van der Waals surface area (Å²) in [6, 6.07) is 25.2. The lowest BCUT2D eigenvalue weighted by atomic mass is 10.0. The molecule has 9 heteroatoms. The van der Waals surface area contributed by atoms with Gasteiger partial charge in [0.1, 0.15) is 0 Å². The maximum atomic E-state index is 12.6. The lowest BCUT2D eigenvalue weighted by molar-refractivity contribution is -0.113. The number of carbonyl (C=O) groups is 1. The van der Waals surface area contributed by atoms with Crippen molar-refractivity contribution in [1.82, 2.24) is 19.7 Å². The molecule has 0 radical (unpaired) electrons. The number of benzene rings is 3. The van der Waals surface area contributed by atoms with E-state index in [9.17, 15) is 4.79 Å². The largest absolute Gasteiger partial charge is 0.323 e. The van der Waals surface area contributed by atoms with Gasteiger partial charge in [-0.2, -0.15) is 0 Å². The Balaban J connectivity index is 1.46. The van der Waals surface area contributed by atoms with Crippen LogP contribution in [0.1, 0.15) is 6.92 Å². The fourth-order valence-corrected chi connectivity index (χ4v) is 5.21. The van der Waals surface area contributed by atoms with E-state index < -0.39 is 0 Å². The zero-order chi connectivity index (χ0) is 25.1. The Hall–Kier alpha value is -3.39. The standard InChI is InChI=1S/C27H21Cl2N5OS/c1-2-34-26(32-33-27(34)36-16-24(35)31-25-20(28)12-8-13-21(25)29)19-15-23(17-9-4-3-5-10-17)30-22-14-7-6-11-18(19)22/h3-15H,2,16H2,1H3,(H,31,35). The average molecular weight is 534 g/mol. The Morgan fingerprint density at radius 1 is 0.944 bits per heavy atom. The molecule has 0 saturated carbocycles. The normalized spacial score (nSPS) is 11.1. The molecule has 0 aliphatic carbocycles. The van der Waals surface area contributed by atoms with Crippen molar-refractivity contribution in [2.75, 3.05) is 11.1 Å². The molecule has 0 saturated heterocycles. The molecular weight excluding hydrogens is 513 g/mol. The summed E-state index contributed by atoms with van der Waals surface area (Å²) in [5.74, 6) is 0.625. The van der Waals surface area contributed by atoms with E-state index >= 15 is 0 Å². The van der Waals surface area contributed by atoms with E-state index in [1.165, 1.54) is 11.8 Å². The first-order chi connectivity index (χ1) is 17.5. The van der Waals surface area contributed by atoms with Crippen LogP contribution in [0.4, 0.5) is 5.69 Å². The molecule has 2 heterocycles. The Bertz CT molecular complexity index is 1530. The van der Waals surface area contributed by atoms with Crippen LogP contribution in [0.15, 0.2) is 84.0 Å². The monoisotopic (exact) mass is 533 g/mol. The Morgan fingerprint density at radius 2 is 1.67 bits per heavy atom. The van der Waals surface area contributed by atoms with E-state index in [0.29, 0.717) is 27.4 Å². The van der Waals surface area contributed by atoms with E-state index in [-0.39, 0.29) is 11.7 Å². The number of thioether (sulfide) groups is 1. The number of anilines is 1. The van der Waals surface area contributed by atoms with Crippen molar-refractivity contribution in [2.45, 2.75) is 18.6 Å². The van der Waals surface area contributed by atoms with Gasteiger partial charge in [-0.15, -0.1) is 10.2 Å². The van der Waals surface area contributed by atoms with Crippen molar-refractivity contribution < 1.29 is 4.79 Å². The van der Waals surface area contributed by atoms with Gasteiger partial charge in [-0.25, -0.2) is 4.98 Å². The molecule has 2 aromatic heterocycles. The van der Waals surface area contributed by atoms with Gasteiger partial charge < -0.3 is 9.88 Å². The van der Waals surface area contributed by atoms with Gasteiger partial charge in [0.05, 0.1) is 32.7 Å². The summed E-state index contributed by atoms with van der Waals surface area (Å²) in [5.41, 5.74) is 4.11. The maximum Gasteiger partial charge on any atom is 0.234 e. The fraction of sp³-hybridized carbons (Fsp3) is 0.111. The molecule has 0 atom stereocenters. The molecule has 0 aliphatic rings. The minimum atomic E-state index is -0.233. The molecule has 0 aliphatic heterocycles. The smallest absolute Gasteiger partial charge is 0.234 e. The van der Waals surface area contributed by atoms with Gasteiger partial charge in [-0.05, 0) is 31.2 Å². The second kappa shape index (κ2) is 10.7. The SMILES string of the molecule is CCn1c(SCC(=O)Nc2c(Cl)cccc2Cl)nnc1-c1cc(-c2ccccc2)nc2ccccc12. The minimum Gasteiger partial charge on any atom is -0.323 e. The first-order valence-electron chi connectivity index (χ1n) is 11.3. The number of pyridine rings is 1. The van der Waals surface area contributed by atoms with Crippen LogP contribution >= 0.6 is 35.0 Å². The first-order valence-corrected chi connectivity index (χ1v) is 13.0. The fourth-order valence-electron chi connectivity index (χ4n) is 3.92. The Labute approximate surface area is 222 Å². The molecule has 36 heavy (non-hydrogen) atoms. The predicted molar refractivity (Wildman–Crippen MR) is 148 cm³/mol. The molecule has 3 aromatic carbocycles. The summed E-state index contributed by atoms with van der Waals surface area (Å²) in [7, 11) is 0. The van der Waals surface area contributed by atoms with Crippen LogP contribution in [-0.2, 0) is 11.3 Å². The number of hydrogen-bond acceptors (Lipinski definition) is 5. The van der Waals surface area contributed by atoms with Crippen molar-refractivity contribution in [1.29, 1.82) is 0 Å². The summed E-state index contributed by atoms with van der Waals surface area (Å²) in [4.78, 5) is 17.5. The number of hydrogen-bond donors (Lipinski definition) is 1. The second-order valence-corrected chi connectivity index (χ2v) is 9.68. The zero-order valence-electron chi connectivity index (χ0n) is 19.3. The third-order valence-corrected chi connectivity index (χ3v) is 7.22. The molecule has 0 fully saturated rings. The van der Waals surface area contributed by atoms with Crippen molar-refractivity contribution in [3.63, 3.8) is 0 Å². The molecule has 6 nitrogen and oxygen atoms in total. The summed E-state index contributed by atoms with van der Waals surface area (Å²) >= 11 is 13.7. The van der Waals surface area contributed by atoms with Crippen molar-refractivity contribution >= 4 is 57.5 Å². The number of rotatable bonds is 7.